The molecule has 1 atom stereocenters. The summed E-state index contributed by atoms with van der Waals surface area (Å²) in [6.07, 6.45) is -0.852. The van der Waals surface area contributed by atoms with Gasteiger partial charge in [0.2, 0.25) is 0 Å². The van der Waals surface area contributed by atoms with Gasteiger partial charge in [-0.2, -0.15) is 5.26 Å². The van der Waals surface area contributed by atoms with E-state index in [2.05, 4.69) is 0 Å². The Morgan fingerprint density at radius 1 is 1.44 bits per heavy atom. The van der Waals surface area contributed by atoms with Gasteiger partial charge in [-0.05, 0) is 12.1 Å². The first kappa shape index (κ1) is 14.4. The number of likely N-dealkylation sites (N-methyl/N-ethyl adjacent to an activating group) is 1. The molecule has 0 aromatic heterocycles. The van der Waals surface area contributed by atoms with Crippen LogP contribution in [0.5, 0.6) is 0 Å². The highest BCUT2D eigenvalue weighted by Gasteiger charge is 2.17. The van der Waals surface area contributed by atoms with Crippen LogP contribution in [0, 0.1) is 23.0 Å². The molecule has 0 aliphatic carbocycles. The summed E-state index contributed by atoms with van der Waals surface area (Å²) in [5, 5.41) is 18.1. The molecule has 6 heteroatoms. The Hall–Kier alpha value is -1.71. The molecular formula is C12H14F2N2O2. The van der Waals surface area contributed by atoms with Gasteiger partial charge < -0.3 is 14.7 Å². The molecule has 0 aliphatic heterocycles. The fraction of sp³-hybridized carbons (Fsp3) is 0.417. The Labute approximate surface area is 104 Å². The van der Waals surface area contributed by atoms with Gasteiger partial charge in [0.1, 0.15) is 5.69 Å². The van der Waals surface area contributed by atoms with Crippen molar-refractivity contribution >= 4 is 5.69 Å². The van der Waals surface area contributed by atoms with Gasteiger partial charge in [-0.3, -0.25) is 0 Å². The predicted molar refractivity (Wildman–Crippen MR) is 62.2 cm³/mol. The number of methoxy groups -OCH3 is 1. The van der Waals surface area contributed by atoms with Gasteiger partial charge in [0.15, 0.2) is 11.6 Å². The van der Waals surface area contributed by atoms with Crippen LogP contribution in [0.1, 0.15) is 5.56 Å². The third-order valence-electron chi connectivity index (χ3n) is 2.37. The van der Waals surface area contributed by atoms with Crippen LogP contribution in [0.25, 0.3) is 0 Å². The van der Waals surface area contributed by atoms with Gasteiger partial charge in [0.05, 0.1) is 24.3 Å². The summed E-state index contributed by atoms with van der Waals surface area (Å²) in [6, 6.07) is 3.58. The number of rotatable bonds is 5. The molecule has 0 spiro atoms. The predicted octanol–water partition coefficient (Wildman–Crippen LogP) is 1.28. The van der Waals surface area contributed by atoms with Crippen LogP contribution in [-0.4, -0.2) is 38.5 Å². The van der Waals surface area contributed by atoms with E-state index in [1.54, 1.807) is 6.07 Å². The minimum Gasteiger partial charge on any atom is -0.389 e. The number of benzene rings is 1. The molecular weight excluding hydrogens is 242 g/mol. The van der Waals surface area contributed by atoms with Crippen LogP contribution < -0.4 is 4.90 Å². The van der Waals surface area contributed by atoms with Crippen molar-refractivity contribution in [2.24, 2.45) is 0 Å². The van der Waals surface area contributed by atoms with E-state index in [1.807, 2.05) is 0 Å². The van der Waals surface area contributed by atoms with Crippen molar-refractivity contribution in [3.8, 4) is 6.07 Å². The van der Waals surface area contributed by atoms with Crippen LogP contribution in [-0.2, 0) is 4.74 Å². The second kappa shape index (κ2) is 6.28. The van der Waals surface area contributed by atoms with Gasteiger partial charge in [-0.15, -0.1) is 0 Å². The fourth-order valence-corrected chi connectivity index (χ4v) is 1.65. The van der Waals surface area contributed by atoms with Crippen molar-refractivity contribution in [1.82, 2.24) is 0 Å². The smallest absolute Gasteiger partial charge is 0.150 e. The molecule has 0 amide bonds. The Morgan fingerprint density at radius 2 is 2.00 bits per heavy atom. The molecule has 18 heavy (non-hydrogen) atoms. The Morgan fingerprint density at radius 3 is 2.44 bits per heavy atom. The number of halogens is 2. The minimum atomic E-state index is -0.852. The summed E-state index contributed by atoms with van der Waals surface area (Å²) in [5.41, 5.74) is -0.358. The number of aliphatic hydroxyl groups is 1. The molecule has 1 rings (SSSR count). The van der Waals surface area contributed by atoms with Gasteiger partial charge in [-0.25, -0.2) is 8.78 Å². The van der Waals surface area contributed by atoms with Crippen LogP contribution >= 0.6 is 0 Å². The van der Waals surface area contributed by atoms with E-state index >= 15 is 0 Å². The van der Waals surface area contributed by atoms with Crippen LogP contribution in [0.15, 0.2) is 12.1 Å². The Balaban J connectivity index is 2.93. The third kappa shape index (κ3) is 3.39. The number of hydrogen-bond donors (Lipinski definition) is 1. The number of ether oxygens (including phenoxy) is 1. The quantitative estimate of drug-likeness (QED) is 0.862. The maximum Gasteiger partial charge on any atom is 0.150 e. The Bertz CT molecular complexity index is 437. The average molecular weight is 256 g/mol. The lowest BCUT2D eigenvalue weighted by Gasteiger charge is -2.23. The van der Waals surface area contributed by atoms with E-state index < -0.39 is 17.7 Å². The van der Waals surface area contributed by atoms with E-state index in [9.17, 15) is 13.9 Å². The Kier molecular flexibility index (Phi) is 5.01. The molecule has 0 bridgehead atoms. The molecule has 0 fully saturated rings. The summed E-state index contributed by atoms with van der Waals surface area (Å²) in [5.74, 6) is -1.67. The van der Waals surface area contributed by atoms with Crippen molar-refractivity contribution < 1.29 is 18.6 Å². The minimum absolute atomic E-state index is 0.0214. The maximum atomic E-state index is 13.6. The summed E-state index contributed by atoms with van der Waals surface area (Å²) in [6.45, 7) is 0.0947. The first-order chi connectivity index (χ1) is 8.49. The monoisotopic (exact) mass is 256 g/mol. The van der Waals surface area contributed by atoms with Crippen LogP contribution in [0.3, 0.4) is 0 Å². The van der Waals surface area contributed by atoms with Crippen molar-refractivity contribution in [1.29, 1.82) is 5.26 Å². The van der Waals surface area contributed by atoms with Gasteiger partial charge in [0.25, 0.3) is 0 Å². The highest BCUT2D eigenvalue weighted by molar-refractivity contribution is 5.52. The van der Waals surface area contributed by atoms with Crippen molar-refractivity contribution in [2.45, 2.75) is 6.10 Å². The van der Waals surface area contributed by atoms with Gasteiger partial charge in [0, 0.05) is 20.7 Å². The number of nitriles is 1. The molecule has 0 unspecified atom stereocenters. The lowest BCUT2D eigenvalue weighted by molar-refractivity contribution is 0.0693. The summed E-state index contributed by atoms with van der Waals surface area (Å²) in [4.78, 5) is 1.25. The van der Waals surface area contributed by atoms with Crippen LogP contribution in [0.4, 0.5) is 14.5 Å². The standard InChI is InChI=1S/C12H14F2N2O2/c1-16(6-9(17)7-18-2)12-10(13)3-8(5-15)4-11(12)14/h3-4,9,17H,6-7H2,1-2H3/t9-/m1/s1. The van der Waals surface area contributed by atoms with Gasteiger partial charge >= 0.3 is 0 Å². The average Bonchev–Trinajstić information content (AvgIpc) is 2.27. The second-order valence-electron chi connectivity index (χ2n) is 3.89. The van der Waals surface area contributed by atoms with Crippen molar-refractivity contribution in [2.75, 3.05) is 32.2 Å². The van der Waals surface area contributed by atoms with Crippen molar-refractivity contribution in [3.05, 3.63) is 29.3 Å². The molecule has 0 saturated carbocycles. The van der Waals surface area contributed by atoms with E-state index in [4.69, 9.17) is 10.00 Å². The van der Waals surface area contributed by atoms with E-state index in [-0.39, 0.29) is 24.4 Å². The van der Waals surface area contributed by atoms with E-state index in [0.717, 1.165) is 12.1 Å². The molecule has 0 heterocycles. The molecule has 0 aliphatic rings. The second-order valence-corrected chi connectivity index (χ2v) is 3.89. The largest absolute Gasteiger partial charge is 0.389 e. The number of aliphatic hydroxyl groups excluding tert-OH is 1. The lowest BCUT2D eigenvalue weighted by Crippen LogP contribution is -2.33. The topological polar surface area (TPSA) is 56.5 Å². The fourth-order valence-electron chi connectivity index (χ4n) is 1.65. The SMILES string of the molecule is COC[C@H](O)CN(C)c1c(F)cc(C#N)cc1F. The molecule has 1 aromatic rings. The first-order valence-corrected chi connectivity index (χ1v) is 5.26. The maximum absolute atomic E-state index is 13.6. The first-order valence-electron chi connectivity index (χ1n) is 5.26. The van der Waals surface area contributed by atoms with Crippen molar-refractivity contribution in [3.63, 3.8) is 0 Å². The molecule has 1 aromatic carbocycles. The lowest BCUT2D eigenvalue weighted by atomic mass is 10.2. The number of anilines is 1. The zero-order valence-corrected chi connectivity index (χ0v) is 10.2. The number of nitrogens with zero attached hydrogens (tertiary/aromatic N) is 2. The molecule has 0 saturated heterocycles. The summed E-state index contributed by atoms with van der Waals surface area (Å²) >= 11 is 0. The zero-order chi connectivity index (χ0) is 13.7. The number of hydrogen-bond acceptors (Lipinski definition) is 4. The zero-order valence-electron chi connectivity index (χ0n) is 10.2. The molecule has 0 radical (unpaired) electrons. The highest BCUT2D eigenvalue weighted by atomic mass is 19.1. The van der Waals surface area contributed by atoms with Crippen LogP contribution in [0.2, 0.25) is 0 Å². The molecule has 1 N–H and O–H groups in total. The summed E-state index contributed by atoms with van der Waals surface area (Å²) < 4.78 is 32.0. The van der Waals surface area contributed by atoms with Gasteiger partial charge in [-0.1, -0.05) is 0 Å². The van der Waals surface area contributed by atoms with E-state index in [1.165, 1.54) is 19.1 Å². The normalized spacial score (nSPS) is 12.0. The molecule has 4 nitrogen and oxygen atoms in total. The third-order valence-corrected chi connectivity index (χ3v) is 2.37. The molecule has 98 valence electrons. The highest BCUT2D eigenvalue weighted by Crippen LogP contribution is 2.24. The van der Waals surface area contributed by atoms with E-state index in [0.29, 0.717) is 0 Å². The summed E-state index contributed by atoms with van der Waals surface area (Å²) in [7, 11) is 2.87.